The number of rotatable bonds is 6. The van der Waals surface area contributed by atoms with Crippen molar-refractivity contribution in [2.45, 2.75) is 51.1 Å². The van der Waals surface area contributed by atoms with E-state index in [-0.39, 0.29) is 18.9 Å². The third kappa shape index (κ3) is 5.46. The average Bonchev–Trinajstić information content (AvgIpc) is 2.78. The van der Waals surface area contributed by atoms with Crippen LogP contribution in [0.3, 0.4) is 0 Å². The summed E-state index contributed by atoms with van der Waals surface area (Å²) in [5.74, 6) is -1.08. The van der Waals surface area contributed by atoms with Crippen LogP contribution < -0.4 is 10.6 Å². The summed E-state index contributed by atoms with van der Waals surface area (Å²) < 4.78 is 4.44. The molecule has 114 valence electrons. The lowest BCUT2D eigenvalue weighted by Crippen LogP contribution is -2.48. The summed E-state index contributed by atoms with van der Waals surface area (Å²) >= 11 is 0. The molecule has 1 rings (SSSR count). The number of methoxy groups -OCH3 is 1. The maximum absolute atomic E-state index is 11.7. The van der Waals surface area contributed by atoms with Gasteiger partial charge in [-0.25, -0.2) is 9.59 Å². The van der Waals surface area contributed by atoms with Gasteiger partial charge in [0.15, 0.2) is 0 Å². The first-order valence-electron chi connectivity index (χ1n) is 6.79. The van der Waals surface area contributed by atoms with Crippen LogP contribution in [-0.2, 0) is 14.3 Å². The van der Waals surface area contributed by atoms with Crippen molar-refractivity contribution in [1.82, 2.24) is 10.6 Å². The number of carboxylic acids is 1. The van der Waals surface area contributed by atoms with Crippen molar-refractivity contribution in [3.63, 3.8) is 0 Å². The average molecular weight is 286 g/mol. The zero-order valence-electron chi connectivity index (χ0n) is 11.8. The number of hydrogen-bond donors (Lipinski definition) is 3. The molecule has 2 amide bonds. The zero-order chi connectivity index (χ0) is 15.1. The van der Waals surface area contributed by atoms with Crippen LogP contribution in [-0.4, -0.2) is 42.3 Å². The van der Waals surface area contributed by atoms with E-state index >= 15 is 0 Å². The van der Waals surface area contributed by atoms with E-state index in [9.17, 15) is 14.4 Å². The topological polar surface area (TPSA) is 105 Å². The molecule has 3 N–H and O–H groups in total. The van der Waals surface area contributed by atoms with Crippen LogP contribution in [0.4, 0.5) is 4.79 Å². The van der Waals surface area contributed by atoms with Crippen LogP contribution in [0.2, 0.25) is 0 Å². The molecule has 0 radical (unpaired) electrons. The standard InChI is InChI=1S/C13H22N2O5/c1-8-3-4-9(7-8)14-13(19)15-10(12(17)18)5-6-11(16)20-2/h8-10H,3-7H2,1-2H3,(H,17,18)(H2,14,15,19)/t8?,9?,10-/m1/s1. The predicted molar refractivity (Wildman–Crippen MR) is 71.1 cm³/mol. The van der Waals surface area contributed by atoms with Crippen LogP contribution in [0.5, 0.6) is 0 Å². The Kier molecular flexibility index (Phi) is 6.27. The van der Waals surface area contributed by atoms with Crippen molar-refractivity contribution in [2.24, 2.45) is 5.92 Å². The van der Waals surface area contributed by atoms with Gasteiger partial charge in [-0.05, 0) is 31.6 Å². The highest BCUT2D eigenvalue weighted by molar-refractivity contribution is 5.83. The van der Waals surface area contributed by atoms with Gasteiger partial charge in [-0.3, -0.25) is 4.79 Å². The Balaban J connectivity index is 2.38. The Hall–Kier alpha value is -1.79. The Morgan fingerprint density at radius 1 is 1.35 bits per heavy atom. The number of nitrogens with one attached hydrogen (secondary N) is 2. The predicted octanol–water partition coefficient (Wildman–Crippen LogP) is 0.881. The molecule has 1 aliphatic rings. The largest absolute Gasteiger partial charge is 0.480 e. The van der Waals surface area contributed by atoms with E-state index in [0.717, 1.165) is 19.3 Å². The second kappa shape index (κ2) is 7.72. The van der Waals surface area contributed by atoms with Crippen molar-refractivity contribution < 1.29 is 24.2 Å². The van der Waals surface area contributed by atoms with Crippen molar-refractivity contribution >= 4 is 18.0 Å². The van der Waals surface area contributed by atoms with Crippen LogP contribution in [0.15, 0.2) is 0 Å². The van der Waals surface area contributed by atoms with Gasteiger partial charge in [-0.1, -0.05) is 6.92 Å². The minimum absolute atomic E-state index is 0.0104. The maximum atomic E-state index is 11.7. The summed E-state index contributed by atoms with van der Waals surface area (Å²) in [7, 11) is 1.24. The highest BCUT2D eigenvalue weighted by Gasteiger charge is 2.25. The number of carbonyl (C=O) groups is 3. The van der Waals surface area contributed by atoms with Crippen LogP contribution in [0, 0.1) is 5.92 Å². The molecule has 0 bridgehead atoms. The quantitative estimate of drug-likeness (QED) is 0.629. The molecule has 0 aromatic heterocycles. The molecule has 0 spiro atoms. The lowest BCUT2D eigenvalue weighted by atomic mass is 10.1. The van der Waals surface area contributed by atoms with E-state index in [2.05, 4.69) is 22.3 Å². The Morgan fingerprint density at radius 2 is 2.05 bits per heavy atom. The molecular formula is C13H22N2O5. The SMILES string of the molecule is COC(=O)CC[C@@H](NC(=O)NC1CCC(C)C1)C(=O)O. The fourth-order valence-corrected chi connectivity index (χ4v) is 2.35. The lowest BCUT2D eigenvalue weighted by Gasteiger charge is -2.17. The number of carbonyl (C=O) groups excluding carboxylic acids is 2. The summed E-state index contributed by atoms with van der Waals surface area (Å²) in [6, 6.07) is -1.49. The van der Waals surface area contributed by atoms with Gasteiger partial charge in [0.25, 0.3) is 0 Å². The molecule has 7 heteroatoms. The summed E-state index contributed by atoms with van der Waals surface area (Å²) in [6.07, 6.45) is 2.85. The van der Waals surface area contributed by atoms with E-state index < -0.39 is 24.0 Å². The number of carboxylic acid groups (broad SMARTS) is 1. The Bertz CT molecular complexity index is 372. The molecule has 20 heavy (non-hydrogen) atoms. The van der Waals surface area contributed by atoms with Gasteiger partial charge >= 0.3 is 18.0 Å². The van der Waals surface area contributed by atoms with Crippen LogP contribution in [0.25, 0.3) is 0 Å². The van der Waals surface area contributed by atoms with Crippen molar-refractivity contribution in [3.8, 4) is 0 Å². The van der Waals surface area contributed by atoms with Gasteiger partial charge in [0.2, 0.25) is 0 Å². The number of amides is 2. The smallest absolute Gasteiger partial charge is 0.326 e. The molecule has 0 saturated heterocycles. The van der Waals surface area contributed by atoms with Crippen molar-refractivity contribution in [3.05, 3.63) is 0 Å². The van der Waals surface area contributed by atoms with E-state index in [1.54, 1.807) is 0 Å². The molecule has 0 aromatic carbocycles. The van der Waals surface area contributed by atoms with Gasteiger partial charge in [0.05, 0.1) is 7.11 Å². The Morgan fingerprint density at radius 3 is 2.55 bits per heavy atom. The molecular weight excluding hydrogens is 264 g/mol. The van der Waals surface area contributed by atoms with E-state index in [4.69, 9.17) is 5.11 Å². The van der Waals surface area contributed by atoms with Crippen molar-refractivity contribution in [1.29, 1.82) is 0 Å². The highest BCUT2D eigenvalue weighted by Crippen LogP contribution is 2.24. The first-order chi connectivity index (χ1) is 9.42. The van der Waals surface area contributed by atoms with E-state index in [1.807, 2.05) is 0 Å². The first kappa shape index (κ1) is 16.3. The molecule has 1 fully saturated rings. The van der Waals surface area contributed by atoms with Crippen molar-refractivity contribution in [2.75, 3.05) is 7.11 Å². The highest BCUT2D eigenvalue weighted by atomic mass is 16.5. The Labute approximate surface area is 118 Å². The molecule has 1 aliphatic carbocycles. The number of esters is 1. The molecule has 7 nitrogen and oxygen atoms in total. The molecule has 1 saturated carbocycles. The first-order valence-corrected chi connectivity index (χ1v) is 6.79. The van der Waals surface area contributed by atoms with Gasteiger partial charge in [0, 0.05) is 12.5 Å². The molecule has 0 heterocycles. The summed E-state index contributed by atoms with van der Waals surface area (Å²) in [5, 5.41) is 14.2. The normalized spacial score (nSPS) is 22.9. The minimum atomic E-state index is -1.16. The minimum Gasteiger partial charge on any atom is -0.480 e. The van der Waals surface area contributed by atoms with Crippen LogP contribution >= 0.6 is 0 Å². The number of aliphatic carboxylic acids is 1. The number of hydrogen-bond acceptors (Lipinski definition) is 4. The third-order valence-corrected chi connectivity index (χ3v) is 3.50. The molecule has 0 aliphatic heterocycles. The second-order valence-corrected chi connectivity index (χ2v) is 5.24. The van der Waals surface area contributed by atoms with Gasteiger partial charge in [-0.15, -0.1) is 0 Å². The van der Waals surface area contributed by atoms with E-state index in [1.165, 1.54) is 7.11 Å². The van der Waals surface area contributed by atoms with Gasteiger partial charge in [-0.2, -0.15) is 0 Å². The number of urea groups is 1. The number of ether oxygens (including phenoxy) is 1. The van der Waals surface area contributed by atoms with Crippen LogP contribution in [0.1, 0.15) is 39.0 Å². The lowest BCUT2D eigenvalue weighted by molar-refractivity contribution is -0.142. The summed E-state index contributed by atoms with van der Waals surface area (Å²) in [6.45, 7) is 2.12. The zero-order valence-corrected chi connectivity index (χ0v) is 11.8. The summed E-state index contributed by atoms with van der Waals surface area (Å²) in [4.78, 5) is 33.8. The van der Waals surface area contributed by atoms with Gasteiger partial charge in [0.1, 0.15) is 6.04 Å². The molecule has 0 aromatic rings. The second-order valence-electron chi connectivity index (χ2n) is 5.24. The van der Waals surface area contributed by atoms with Gasteiger partial charge < -0.3 is 20.5 Å². The van der Waals surface area contributed by atoms with E-state index in [0.29, 0.717) is 5.92 Å². The monoisotopic (exact) mass is 286 g/mol. The fourth-order valence-electron chi connectivity index (χ4n) is 2.35. The maximum Gasteiger partial charge on any atom is 0.326 e. The molecule has 2 unspecified atom stereocenters. The molecule has 3 atom stereocenters. The fraction of sp³-hybridized carbons (Fsp3) is 0.769. The summed E-state index contributed by atoms with van der Waals surface area (Å²) in [5.41, 5.74) is 0. The third-order valence-electron chi connectivity index (χ3n) is 3.50.